The molecule has 0 aliphatic carbocycles. The largest absolute Gasteiger partial charge is 0.394 e. The minimum absolute atomic E-state index is 0.0475. The lowest BCUT2D eigenvalue weighted by Gasteiger charge is -2.26. The van der Waals surface area contributed by atoms with Gasteiger partial charge in [0.15, 0.2) is 0 Å². The van der Waals surface area contributed by atoms with E-state index in [2.05, 4.69) is 24.1 Å². The lowest BCUT2D eigenvalue weighted by Crippen LogP contribution is -2.36. The van der Waals surface area contributed by atoms with Crippen LogP contribution >= 0.6 is 22.9 Å². The van der Waals surface area contributed by atoms with E-state index in [1.165, 1.54) is 10.4 Å². The molecule has 4 rings (SSSR count). The Bertz CT molecular complexity index is 987. The van der Waals surface area contributed by atoms with Crippen molar-refractivity contribution in [2.75, 3.05) is 38.2 Å². The average Bonchev–Trinajstić information content (AvgIpc) is 3.01. The molecular formula is C21H25ClN4O2S. The molecule has 0 bridgehead atoms. The Kier molecular flexibility index (Phi) is 6.32. The number of aryl methyl sites for hydroxylation is 2. The molecule has 1 unspecified atom stereocenters. The predicted molar refractivity (Wildman–Crippen MR) is 118 cm³/mol. The van der Waals surface area contributed by atoms with Gasteiger partial charge in [-0.15, -0.1) is 11.3 Å². The van der Waals surface area contributed by atoms with Crippen LogP contribution in [0.1, 0.15) is 27.9 Å². The fourth-order valence-corrected chi connectivity index (χ4v) is 4.70. The number of thiophene rings is 1. The summed E-state index contributed by atoms with van der Waals surface area (Å²) in [5.74, 6) is 1.56. The van der Waals surface area contributed by atoms with Gasteiger partial charge in [-0.2, -0.15) is 0 Å². The van der Waals surface area contributed by atoms with E-state index in [0.29, 0.717) is 11.6 Å². The Labute approximate surface area is 179 Å². The smallest absolute Gasteiger partial charge is 0.146 e. The Hall–Kier alpha value is -1.77. The third-order valence-corrected chi connectivity index (χ3v) is 6.66. The van der Waals surface area contributed by atoms with Gasteiger partial charge < -0.3 is 15.2 Å². The van der Waals surface area contributed by atoms with Crippen molar-refractivity contribution in [1.82, 2.24) is 14.9 Å². The molecule has 1 saturated heterocycles. The molecular weight excluding hydrogens is 408 g/mol. The van der Waals surface area contributed by atoms with Gasteiger partial charge in [-0.25, -0.2) is 9.97 Å². The van der Waals surface area contributed by atoms with Gasteiger partial charge in [-0.1, -0.05) is 23.7 Å². The zero-order chi connectivity index (χ0) is 20.4. The number of anilines is 1. The summed E-state index contributed by atoms with van der Waals surface area (Å²) in [6, 6.07) is 7.24. The van der Waals surface area contributed by atoms with Gasteiger partial charge in [-0.05, 0) is 37.1 Å². The number of rotatable bonds is 6. The Morgan fingerprint density at radius 2 is 1.93 bits per heavy atom. The van der Waals surface area contributed by atoms with Crippen molar-refractivity contribution in [2.45, 2.75) is 26.4 Å². The van der Waals surface area contributed by atoms with Gasteiger partial charge in [0, 0.05) is 23.0 Å². The predicted octanol–water partition coefficient (Wildman–Crippen LogP) is 3.94. The minimum atomic E-state index is -0.277. The first kappa shape index (κ1) is 20.5. The third-order valence-electron chi connectivity index (χ3n) is 5.31. The summed E-state index contributed by atoms with van der Waals surface area (Å²) in [6.45, 7) is 8.11. The number of aliphatic hydroxyl groups is 1. The summed E-state index contributed by atoms with van der Waals surface area (Å²) in [5, 5.41) is 15.2. The SMILES string of the molecule is Cc1sc2nc(CN3CCOCC3)nc(NC(CO)c3ccc(Cl)cc3)c2c1C. The first-order chi connectivity index (χ1) is 14.0. The molecule has 1 atom stereocenters. The fraction of sp³-hybridized carbons (Fsp3) is 0.429. The maximum absolute atomic E-state index is 10.0. The molecule has 1 aliphatic heterocycles. The number of halogens is 1. The first-order valence-corrected chi connectivity index (χ1v) is 10.9. The number of hydrogen-bond acceptors (Lipinski definition) is 7. The van der Waals surface area contributed by atoms with E-state index in [9.17, 15) is 5.11 Å². The highest BCUT2D eigenvalue weighted by molar-refractivity contribution is 7.18. The molecule has 0 spiro atoms. The molecule has 29 heavy (non-hydrogen) atoms. The van der Waals surface area contributed by atoms with Gasteiger partial charge in [0.2, 0.25) is 0 Å². The summed E-state index contributed by atoms with van der Waals surface area (Å²) in [5.41, 5.74) is 2.14. The fourth-order valence-electron chi connectivity index (χ4n) is 3.52. The Morgan fingerprint density at radius 1 is 1.21 bits per heavy atom. The van der Waals surface area contributed by atoms with Gasteiger partial charge in [0.25, 0.3) is 0 Å². The molecule has 3 heterocycles. The van der Waals surface area contributed by atoms with Crippen LogP contribution in [0, 0.1) is 13.8 Å². The van der Waals surface area contributed by atoms with Crippen molar-refractivity contribution < 1.29 is 9.84 Å². The summed E-state index contributed by atoms with van der Waals surface area (Å²) >= 11 is 7.71. The molecule has 1 fully saturated rings. The Balaban J connectivity index is 1.69. The van der Waals surface area contributed by atoms with E-state index < -0.39 is 0 Å². The van der Waals surface area contributed by atoms with Crippen molar-refractivity contribution in [2.24, 2.45) is 0 Å². The van der Waals surface area contributed by atoms with Crippen molar-refractivity contribution in [3.05, 3.63) is 51.1 Å². The summed E-state index contributed by atoms with van der Waals surface area (Å²) < 4.78 is 5.45. The highest BCUT2D eigenvalue weighted by atomic mass is 35.5. The topological polar surface area (TPSA) is 70.5 Å². The van der Waals surface area contributed by atoms with Crippen molar-refractivity contribution in [3.63, 3.8) is 0 Å². The quantitative estimate of drug-likeness (QED) is 0.614. The van der Waals surface area contributed by atoms with E-state index in [-0.39, 0.29) is 12.6 Å². The third kappa shape index (κ3) is 4.54. The van der Waals surface area contributed by atoms with E-state index in [4.69, 9.17) is 26.3 Å². The molecule has 6 nitrogen and oxygen atoms in total. The second-order valence-corrected chi connectivity index (χ2v) is 8.91. The molecule has 1 aromatic carbocycles. The molecule has 0 amide bonds. The second kappa shape index (κ2) is 8.93. The highest BCUT2D eigenvalue weighted by Crippen LogP contribution is 2.35. The average molecular weight is 433 g/mol. The standard InChI is InChI=1S/C21H25ClN4O2S/c1-13-14(2)29-21-19(13)20(23-17(12-27)15-3-5-16(22)6-4-15)24-18(25-21)11-26-7-9-28-10-8-26/h3-6,17,27H,7-12H2,1-2H3,(H,23,24,25). The van der Waals surface area contributed by atoms with Crippen LogP contribution in [0.15, 0.2) is 24.3 Å². The molecule has 0 radical (unpaired) electrons. The second-order valence-electron chi connectivity index (χ2n) is 7.27. The summed E-state index contributed by atoms with van der Waals surface area (Å²) in [6.07, 6.45) is 0. The van der Waals surface area contributed by atoms with Crippen LogP contribution in [-0.4, -0.2) is 52.9 Å². The van der Waals surface area contributed by atoms with E-state index >= 15 is 0 Å². The maximum atomic E-state index is 10.0. The molecule has 154 valence electrons. The van der Waals surface area contributed by atoms with Crippen LogP contribution in [0.25, 0.3) is 10.2 Å². The zero-order valence-electron chi connectivity index (χ0n) is 16.6. The van der Waals surface area contributed by atoms with Crippen molar-refractivity contribution in [1.29, 1.82) is 0 Å². The molecule has 2 aromatic heterocycles. The molecule has 0 saturated carbocycles. The number of hydrogen-bond donors (Lipinski definition) is 2. The van der Waals surface area contributed by atoms with E-state index in [1.54, 1.807) is 11.3 Å². The lowest BCUT2D eigenvalue weighted by molar-refractivity contribution is 0.0331. The lowest BCUT2D eigenvalue weighted by atomic mass is 10.1. The highest BCUT2D eigenvalue weighted by Gasteiger charge is 2.20. The van der Waals surface area contributed by atoms with Crippen LogP contribution in [-0.2, 0) is 11.3 Å². The van der Waals surface area contributed by atoms with Gasteiger partial charge >= 0.3 is 0 Å². The molecule has 1 aliphatic rings. The minimum Gasteiger partial charge on any atom is -0.394 e. The van der Waals surface area contributed by atoms with Crippen molar-refractivity contribution >= 4 is 39.0 Å². The first-order valence-electron chi connectivity index (χ1n) is 9.74. The van der Waals surface area contributed by atoms with Gasteiger partial charge in [0.1, 0.15) is 16.5 Å². The molecule has 8 heteroatoms. The van der Waals surface area contributed by atoms with Crippen LogP contribution in [0.5, 0.6) is 0 Å². The number of nitrogens with one attached hydrogen (secondary N) is 1. The van der Waals surface area contributed by atoms with Crippen LogP contribution in [0.2, 0.25) is 5.02 Å². The number of morpholine rings is 1. The van der Waals surface area contributed by atoms with Crippen LogP contribution < -0.4 is 5.32 Å². The monoisotopic (exact) mass is 432 g/mol. The Morgan fingerprint density at radius 3 is 2.62 bits per heavy atom. The maximum Gasteiger partial charge on any atom is 0.146 e. The number of fused-ring (bicyclic) bond motifs is 1. The zero-order valence-corrected chi connectivity index (χ0v) is 18.2. The van der Waals surface area contributed by atoms with Crippen LogP contribution in [0.3, 0.4) is 0 Å². The normalized spacial score (nSPS) is 16.3. The number of benzene rings is 1. The van der Waals surface area contributed by atoms with E-state index in [1.807, 2.05) is 24.3 Å². The summed E-state index contributed by atoms with van der Waals surface area (Å²) in [4.78, 5) is 14.2. The van der Waals surface area contributed by atoms with Gasteiger partial charge in [-0.3, -0.25) is 4.90 Å². The number of aliphatic hydroxyl groups excluding tert-OH is 1. The molecule has 2 N–H and O–H groups in total. The number of nitrogens with zero attached hydrogens (tertiary/aromatic N) is 3. The van der Waals surface area contributed by atoms with Crippen LogP contribution in [0.4, 0.5) is 5.82 Å². The summed E-state index contributed by atoms with van der Waals surface area (Å²) in [7, 11) is 0. The van der Waals surface area contributed by atoms with Gasteiger partial charge in [0.05, 0.1) is 37.8 Å². The number of ether oxygens (including phenoxy) is 1. The number of aromatic nitrogens is 2. The molecule has 3 aromatic rings. The van der Waals surface area contributed by atoms with E-state index in [0.717, 1.165) is 53.7 Å². The van der Waals surface area contributed by atoms with Crippen molar-refractivity contribution in [3.8, 4) is 0 Å².